The van der Waals surface area contributed by atoms with Crippen molar-refractivity contribution >= 4 is 37.3 Å². The van der Waals surface area contributed by atoms with Crippen molar-refractivity contribution in [3.05, 3.63) is 42.5 Å². The van der Waals surface area contributed by atoms with Gasteiger partial charge in [0.15, 0.2) is 6.61 Å². The summed E-state index contributed by atoms with van der Waals surface area (Å²) in [7, 11) is -7.71. The van der Waals surface area contributed by atoms with E-state index < -0.39 is 20.0 Å². The van der Waals surface area contributed by atoms with Crippen LogP contribution in [0.5, 0.6) is 5.75 Å². The molecule has 0 unspecified atom stereocenters. The van der Waals surface area contributed by atoms with Crippen molar-refractivity contribution < 1.29 is 26.4 Å². The Morgan fingerprint density at radius 3 is 2.47 bits per heavy atom. The molecule has 0 aliphatic carbocycles. The van der Waals surface area contributed by atoms with E-state index in [1.165, 1.54) is 46.8 Å². The number of hydrogen-bond acceptors (Lipinski definition) is 6. The summed E-state index contributed by atoms with van der Waals surface area (Å²) >= 11 is 0. The summed E-state index contributed by atoms with van der Waals surface area (Å²) in [5.41, 5.74) is 0.390. The maximum Gasteiger partial charge on any atom is 0.262 e. The van der Waals surface area contributed by atoms with E-state index >= 15 is 0 Å². The molecular weight excluding hydrogens is 430 g/mol. The van der Waals surface area contributed by atoms with E-state index in [0.717, 1.165) is 19.3 Å². The molecule has 0 saturated carbocycles. The van der Waals surface area contributed by atoms with Crippen LogP contribution < -0.4 is 14.8 Å². The van der Waals surface area contributed by atoms with Gasteiger partial charge in [0.05, 0.1) is 21.2 Å². The Kier molecular flexibility index (Phi) is 5.43. The molecule has 2 heterocycles. The molecule has 2 aliphatic rings. The van der Waals surface area contributed by atoms with Crippen LogP contribution in [0.4, 0.5) is 11.4 Å². The van der Waals surface area contributed by atoms with E-state index in [2.05, 4.69) is 10.0 Å². The molecule has 2 N–H and O–H groups in total. The highest BCUT2D eigenvalue weighted by Crippen LogP contribution is 2.31. The number of anilines is 2. The fourth-order valence-electron chi connectivity index (χ4n) is 3.42. The lowest BCUT2D eigenvalue weighted by Crippen LogP contribution is -2.35. The molecule has 11 heteroatoms. The lowest BCUT2D eigenvalue weighted by atomic mass is 10.2. The number of ether oxygens (including phenoxy) is 1. The zero-order valence-electron chi connectivity index (χ0n) is 16.0. The number of benzene rings is 2. The average molecular weight is 452 g/mol. The molecule has 1 amide bonds. The van der Waals surface area contributed by atoms with Crippen LogP contribution in [0, 0.1) is 0 Å². The molecule has 0 aromatic heterocycles. The van der Waals surface area contributed by atoms with Crippen LogP contribution in [0.15, 0.2) is 52.3 Å². The Morgan fingerprint density at radius 1 is 0.933 bits per heavy atom. The number of rotatable bonds is 5. The minimum Gasteiger partial charge on any atom is -0.482 e. The van der Waals surface area contributed by atoms with Gasteiger partial charge in [-0.3, -0.25) is 9.52 Å². The van der Waals surface area contributed by atoms with Gasteiger partial charge in [0.1, 0.15) is 5.75 Å². The van der Waals surface area contributed by atoms with Gasteiger partial charge in [0.2, 0.25) is 10.0 Å². The Balaban J connectivity index is 1.59. The smallest absolute Gasteiger partial charge is 0.262 e. The number of carbonyl (C=O) groups is 1. The second kappa shape index (κ2) is 7.89. The number of hydrogen-bond donors (Lipinski definition) is 2. The molecular formula is C19H21N3O6S2. The molecule has 0 bridgehead atoms. The zero-order chi connectivity index (χ0) is 21.4. The van der Waals surface area contributed by atoms with E-state index in [9.17, 15) is 21.6 Å². The third-order valence-corrected chi connectivity index (χ3v) is 8.21. The van der Waals surface area contributed by atoms with Crippen LogP contribution in [0.3, 0.4) is 0 Å². The van der Waals surface area contributed by atoms with Crippen molar-refractivity contribution in [3.63, 3.8) is 0 Å². The van der Waals surface area contributed by atoms with Gasteiger partial charge in [-0.1, -0.05) is 12.5 Å². The highest BCUT2D eigenvalue weighted by molar-refractivity contribution is 7.92. The molecule has 2 aromatic rings. The van der Waals surface area contributed by atoms with Crippen molar-refractivity contribution in [3.8, 4) is 5.75 Å². The fourth-order valence-corrected chi connectivity index (χ4v) is 6.06. The summed E-state index contributed by atoms with van der Waals surface area (Å²) < 4.78 is 60.4. The summed E-state index contributed by atoms with van der Waals surface area (Å²) in [6.07, 6.45) is 2.62. The maximum atomic E-state index is 12.9. The Labute approximate surface area is 175 Å². The van der Waals surface area contributed by atoms with Gasteiger partial charge >= 0.3 is 0 Å². The monoisotopic (exact) mass is 451 g/mol. The molecule has 0 radical (unpaired) electrons. The van der Waals surface area contributed by atoms with Crippen LogP contribution in [0.1, 0.15) is 19.3 Å². The predicted molar refractivity (Wildman–Crippen MR) is 110 cm³/mol. The number of fused-ring (bicyclic) bond motifs is 1. The van der Waals surface area contributed by atoms with Crippen molar-refractivity contribution in [1.29, 1.82) is 0 Å². The fraction of sp³-hybridized carbons (Fsp3) is 0.316. The van der Waals surface area contributed by atoms with Crippen LogP contribution in [-0.2, 0) is 24.8 Å². The van der Waals surface area contributed by atoms with Gasteiger partial charge in [-0.2, -0.15) is 4.31 Å². The molecule has 1 fully saturated rings. The highest BCUT2D eigenvalue weighted by Gasteiger charge is 2.27. The maximum absolute atomic E-state index is 12.9. The lowest BCUT2D eigenvalue weighted by Gasteiger charge is -2.26. The lowest BCUT2D eigenvalue weighted by molar-refractivity contribution is -0.118. The number of amides is 1. The van der Waals surface area contributed by atoms with Crippen LogP contribution >= 0.6 is 0 Å². The second-order valence-corrected chi connectivity index (χ2v) is 10.7. The first-order valence-corrected chi connectivity index (χ1v) is 12.4. The second-order valence-electron chi connectivity index (χ2n) is 7.09. The molecule has 2 aliphatic heterocycles. The third kappa shape index (κ3) is 4.13. The topological polar surface area (TPSA) is 122 Å². The average Bonchev–Trinajstić information content (AvgIpc) is 2.73. The van der Waals surface area contributed by atoms with E-state index in [1.54, 1.807) is 0 Å². The van der Waals surface area contributed by atoms with Crippen LogP contribution in [-0.4, -0.2) is 46.7 Å². The number of carbonyl (C=O) groups excluding carboxylic acids is 1. The molecule has 0 spiro atoms. The normalized spacial score (nSPS) is 17.5. The van der Waals surface area contributed by atoms with Gasteiger partial charge in [-0.05, 0) is 49.2 Å². The summed E-state index contributed by atoms with van der Waals surface area (Å²) in [5.74, 6) is 0.00352. The summed E-state index contributed by atoms with van der Waals surface area (Å²) in [5, 5.41) is 2.56. The molecule has 30 heavy (non-hydrogen) atoms. The van der Waals surface area contributed by atoms with E-state index in [1.807, 2.05) is 0 Å². The number of nitrogens with zero attached hydrogens (tertiary/aromatic N) is 1. The molecule has 4 rings (SSSR count). The number of sulfonamides is 2. The Hall–Kier alpha value is -2.63. The van der Waals surface area contributed by atoms with Crippen LogP contribution in [0.25, 0.3) is 0 Å². The summed E-state index contributed by atoms with van der Waals surface area (Å²) in [6.45, 7) is 0.790. The largest absolute Gasteiger partial charge is 0.482 e. The SMILES string of the molecule is O=C1COc2ccc(S(=O)(=O)Nc3cccc(S(=O)(=O)N4CCCCC4)c3)cc2N1. The van der Waals surface area contributed by atoms with Gasteiger partial charge in [0, 0.05) is 13.1 Å². The standard InChI is InChI=1S/C19H21N3O6S2/c23-19-13-28-18-8-7-15(12-17(18)20-19)29(24,25)21-14-5-4-6-16(11-14)30(26,27)22-9-2-1-3-10-22/h4-8,11-12,21H,1-3,9-10,13H2,(H,20,23). The first-order valence-electron chi connectivity index (χ1n) is 9.45. The molecule has 9 nitrogen and oxygen atoms in total. The zero-order valence-corrected chi connectivity index (χ0v) is 17.6. The molecule has 0 atom stereocenters. The minimum absolute atomic E-state index is 0.0377. The van der Waals surface area contributed by atoms with Crippen molar-refractivity contribution in [2.75, 3.05) is 29.7 Å². The Morgan fingerprint density at radius 2 is 1.70 bits per heavy atom. The predicted octanol–water partition coefficient (Wildman–Crippen LogP) is 1.99. The van der Waals surface area contributed by atoms with Crippen molar-refractivity contribution in [1.82, 2.24) is 4.31 Å². The molecule has 2 aromatic carbocycles. The molecule has 160 valence electrons. The van der Waals surface area contributed by atoms with Crippen LogP contribution in [0.2, 0.25) is 0 Å². The highest BCUT2D eigenvalue weighted by atomic mass is 32.2. The number of piperidine rings is 1. The summed E-state index contributed by atoms with van der Waals surface area (Å²) in [6, 6.07) is 9.85. The minimum atomic E-state index is -4.02. The first-order chi connectivity index (χ1) is 14.3. The van der Waals surface area contributed by atoms with Gasteiger partial charge in [-0.25, -0.2) is 16.8 Å². The van der Waals surface area contributed by atoms with Crippen molar-refractivity contribution in [2.45, 2.75) is 29.1 Å². The van der Waals surface area contributed by atoms with Crippen molar-refractivity contribution in [2.24, 2.45) is 0 Å². The van der Waals surface area contributed by atoms with Gasteiger partial charge < -0.3 is 10.1 Å². The van der Waals surface area contributed by atoms with Gasteiger partial charge in [-0.15, -0.1) is 0 Å². The Bertz CT molecular complexity index is 1190. The van der Waals surface area contributed by atoms with E-state index in [4.69, 9.17) is 4.74 Å². The third-order valence-electron chi connectivity index (χ3n) is 4.93. The summed E-state index contributed by atoms with van der Waals surface area (Å²) in [4.78, 5) is 11.4. The van der Waals surface area contributed by atoms with E-state index in [0.29, 0.717) is 18.8 Å². The number of nitrogens with one attached hydrogen (secondary N) is 2. The quantitative estimate of drug-likeness (QED) is 0.717. The molecule has 1 saturated heterocycles. The van der Waals surface area contributed by atoms with E-state index in [-0.39, 0.29) is 33.7 Å². The van der Waals surface area contributed by atoms with Gasteiger partial charge in [0.25, 0.3) is 15.9 Å². The first kappa shape index (κ1) is 20.6.